The summed E-state index contributed by atoms with van der Waals surface area (Å²) < 4.78 is 0. The minimum Gasteiger partial charge on any atom is -0.478 e. The van der Waals surface area contributed by atoms with Crippen LogP contribution in [0.15, 0.2) is 36.4 Å². The van der Waals surface area contributed by atoms with Crippen molar-refractivity contribution in [2.24, 2.45) is 0 Å². The summed E-state index contributed by atoms with van der Waals surface area (Å²) in [5, 5.41) is 12.8. The Bertz CT molecular complexity index is 688. The first-order chi connectivity index (χ1) is 10.1. The van der Waals surface area contributed by atoms with E-state index in [0.29, 0.717) is 5.82 Å². The van der Waals surface area contributed by atoms with E-state index >= 15 is 0 Å². The Morgan fingerprint density at radius 2 is 2.10 bits per heavy atom. The molecule has 1 atom stereocenters. The Hall–Kier alpha value is -2.07. The molecule has 0 aliphatic heterocycles. The molecule has 2 N–H and O–H groups in total. The van der Waals surface area contributed by atoms with Gasteiger partial charge in [0.05, 0.1) is 6.04 Å². The summed E-state index contributed by atoms with van der Waals surface area (Å²) in [5.74, 6) is -0.678. The quantitative estimate of drug-likeness (QED) is 0.844. The van der Waals surface area contributed by atoms with Crippen LogP contribution < -0.4 is 5.32 Å². The molecule has 21 heavy (non-hydrogen) atoms. The molecular weight excluding hydrogens is 288 g/mol. The van der Waals surface area contributed by atoms with Crippen molar-refractivity contribution in [2.45, 2.75) is 25.3 Å². The van der Waals surface area contributed by atoms with E-state index in [2.05, 4.69) is 22.4 Å². The Morgan fingerprint density at radius 1 is 1.29 bits per heavy atom. The fourth-order valence-corrected chi connectivity index (χ4v) is 2.93. The topological polar surface area (TPSA) is 62.2 Å². The lowest BCUT2D eigenvalue weighted by atomic mass is 9.87. The highest BCUT2D eigenvalue weighted by Gasteiger charge is 2.22. The first-order valence-electron chi connectivity index (χ1n) is 6.89. The number of halogens is 1. The summed E-state index contributed by atoms with van der Waals surface area (Å²) in [7, 11) is 0. The summed E-state index contributed by atoms with van der Waals surface area (Å²) in [4.78, 5) is 15.4. The van der Waals surface area contributed by atoms with Crippen molar-refractivity contribution < 1.29 is 9.90 Å². The van der Waals surface area contributed by atoms with E-state index in [1.807, 2.05) is 12.1 Å². The molecule has 0 fully saturated rings. The Morgan fingerprint density at radius 3 is 2.90 bits per heavy atom. The van der Waals surface area contributed by atoms with Gasteiger partial charge in [-0.3, -0.25) is 0 Å². The maximum absolute atomic E-state index is 11.3. The highest BCUT2D eigenvalue weighted by atomic mass is 35.5. The summed E-state index contributed by atoms with van der Waals surface area (Å²) in [6.07, 6.45) is 3.07. The lowest BCUT2D eigenvalue weighted by Gasteiger charge is -2.27. The molecule has 0 amide bonds. The van der Waals surface area contributed by atoms with Gasteiger partial charge in [0.15, 0.2) is 0 Å². The third-order valence-corrected chi connectivity index (χ3v) is 3.98. The molecule has 1 aliphatic carbocycles. The lowest BCUT2D eigenvalue weighted by Crippen LogP contribution is -2.19. The molecule has 1 unspecified atom stereocenters. The SMILES string of the molecule is O=C(O)c1ccc(Cl)nc1NC1CCCc2ccccc21. The minimum atomic E-state index is -1.01. The van der Waals surface area contributed by atoms with E-state index in [-0.39, 0.29) is 16.8 Å². The molecule has 1 aromatic carbocycles. The molecule has 0 spiro atoms. The predicted octanol–water partition coefficient (Wildman–Crippen LogP) is 3.92. The smallest absolute Gasteiger partial charge is 0.339 e. The van der Waals surface area contributed by atoms with E-state index in [1.165, 1.54) is 23.3 Å². The monoisotopic (exact) mass is 302 g/mol. The zero-order valence-electron chi connectivity index (χ0n) is 11.3. The molecule has 1 heterocycles. The number of benzene rings is 1. The van der Waals surface area contributed by atoms with E-state index in [1.54, 1.807) is 0 Å². The van der Waals surface area contributed by atoms with Crippen molar-refractivity contribution in [2.75, 3.05) is 5.32 Å². The van der Waals surface area contributed by atoms with Crippen LogP contribution in [0.25, 0.3) is 0 Å². The van der Waals surface area contributed by atoms with Gasteiger partial charge >= 0.3 is 5.97 Å². The zero-order chi connectivity index (χ0) is 14.8. The second-order valence-electron chi connectivity index (χ2n) is 5.12. The maximum atomic E-state index is 11.3. The molecule has 3 rings (SSSR count). The molecule has 0 saturated carbocycles. The largest absolute Gasteiger partial charge is 0.478 e. The normalized spacial score (nSPS) is 17.1. The second kappa shape index (κ2) is 5.74. The first kappa shape index (κ1) is 13.9. The molecular formula is C16H15ClN2O2. The van der Waals surface area contributed by atoms with Crippen molar-refractivity contribution in [1.29, 1.82) is 0 Å². The van der Waals surface area contributed by atoms with Crippen LogP contribution in [0.5, 0.6) is 0 Å². The number of rotatable bonds is 3. The molecule has 0 radical (unpaired) electrons. The predicted molar refractivity (Wildman–Crippen MR) is 82.0 cm³/mol. The maximum Gasteiger partial charge on any atom is 0.339 e. The number of carboxylic acids is 1. The van der Waals surface area contributed by atoms with Crippen LogP contribution in [-0.4, -0.2) is 16.1 Å². The van der Waals surface area contributed by atoms with Crippen molar-refractivity contribution in [3.8, 4) is 0 Å². The third kappa shape index (κ3) is 2.85. The number of fused-ring (bicyclic) bond motifs is 1. The van der Waals surface area contributed by atoms with Gasteiger partial charge in [-0.25, -0.2) is 9.78 Å². The number of aryl methyl sites for hydroxylation is 1. The van der Waals surface area contributed by atoms with Gasteiger partial charge in [0.2, 0.25) is 0 Å². The lowest BCUT2D eigenvalue weighted by molar-refractivity contribution is 0.0697. The first-order valence-corrected chi connectivity index (χ1v) is 7.27. The number of nitrogens with zero attached hydrogens (tertiary/aromatic N) is 1. The van der Waals surface area contributed by atoms with Gasteiger partial charge in [0, 0.05) is 0 Å². The van der Waals surface area contributed by atoms with Crippen molar-refractivity contribution in [3.05, 3.63) is 58.2 Å². The van der Waals surface area contributed by atoms with Crippen LogP contribution in [0.4, 0.5) is 5.82 Å². The van der Waals surface area contributed by atoms with Crippen LogP contribution in [-0.2, 0) is 6.42 Å². The van der Waals surface area contributed by atoms with Gasteiger partial charge in [-0.1, -0.05) is 35.9 Å². The van der Waals surface area contributed by atoms with Crippen LogP contribution >= 0.6 is 11.6 Å². The number of hydrogen-bond acceptors (Lipinski definition) is 3. The molecule has 0 saturated heterocycles. The summed E-state index contributed by atoms with van der Waals surface area (Å²) in [6, 6.07) is 11.3. The van der Waals surface area contributed by atoms with E-state index in [0.717, 1.165) is 19.3 Å². The van der Waals surface area contributed by atoms with Crippen molar-refractivity contribution in [1.82, 2.24) is 4.98 Å². The Balaban J connectivity index is 1.95. The molecule has 108 valence electrons. The fourth-order valence-electron chi connectivity index (χ4n) is 2.79. The Labute approximate surface area is 127 Å². The second-order valence-corrected chi connectivity index (χ2v) is 5.51. The average molecular weight is 303 g/mol. The number of nitrogens with one attached hydrogen (secondary N) is 1. The van der Waals surface area contributed by atoms with Gasteiger partial charge in [-0.2, -0.15) is 0 Å². The number of aromatic nitrogens is 1. The minimum absolute atomic E-state index is 0.0685. The van der Waals surface area contributed by atoms with Gasteiger partial charge in [-0.15, -0.1) is 0 Å². The van der Waals surface area contributed by atoms with E-state index < -0.39 is 5.97 Å². The Kier molecular flexibility index (Phi) is 3.80. The van der Waals surface area contributed by atoms with Gasteiger partial charge < -0.3 is 10.4 Å². The summed E-state index contributed by atoms with van der Waals surface area (Å²) in [5.41, 5.74) is 2.66. The van der Waals surface area contributed by atoms with Crippen LogP contribution in [0.3, 0.4) is 0 Å². The molecule has 1 aromatic heterocycles. The summed E-state index contributed by atoms with van der Waals surface area (Å²) in [6.45, 7) is 0. The third-order valence-electron chi connectivity index (χ3n) is 3.77. The van der Waals surface area contributed by atoms with E-state index in [9.17, 15) is 9.90 Å². The number of carboxylic acid groups (broad SMARTS) is 1. The van der Waals surface area contributed by atoms with Crippen LogP contribution in [0.2, 0.25) is 5.15 Å². The molecule has 1 aliphatic rings. The van der Waals surface area contributed by atoms with Crippen molar-refractivity contribution in [3.63, 3.8) is 0 Å². The standard InChI is InChI=1S/C16H15ClN2O2/c17-14-9-8-12(16(20)21)15(19-14)18-13-7-3-5-10-4-1-2-6-11(10)13/h1-2,4,6,8-9,13H,3,5,7H2,(H,18,19)(H,20,21). The number of pyridine rings is 1. The molecule has 2 aromatic rings. The average Bonchev–Trinajstić information content (AvgIpc) is 2.47. The zero-order valence-corrected chi connectivity index (χ0v) is 12.1. The molecule has 0 bridgehead atoms. The van der Waals surface area contributed by atoms with Crippen LogP contribution in [0.1, 0.15) is 40.4 Å². The highest BCUT2D eigenvalue weighted by molar-refractivity contribution is 6.29. The van der Waals surface area contributed by atoms with Gasteiger partial charge in [0.25, 0.3) is 0 Å². The van der Waals surface area contributed by atoms with Crippen LogP contribution in [0, 0.1) is 0 Å². The number of hydrogen-bond donors (Lipinski definition) is 2. The summed E-state index contributed by atoms with van der Waals surface area (Å²) >= 11 is 5.90. The van der Waals surface area contributed by atoms with E-state index in [4.69, 9.17) is 11.6 Å². The number of aromatic carboxylic acids is 1. The van der Waals surface area contributed by atoms with Crippen molar-refractivity contribution >= 4 is 23.4 Å². The van der Waals surface area contributed by atoms with Gasteiger partial charge in [0.1, 0.15) is 16.5 Å². The number of anilines is 1. The fraction of sp³-hybridized carbons (Fsp3) is 0.250. The molecule has 4 nitrogen and oxygen atoms in total. The highest BCUT2D eigenvalue weighted by Crippen LogP contribution is 2.33. The van der Waals surface area contributed by atoms with Gasteiger partial charge in [-0.05, 0) is 42.5 Å². The number of carbonyl (C=O) groups is 1. The molecule has 5 heteroatoms.